The van der Waals surface area contributed by atoms with Crippen molar-refractivity contribution in [1.82, 2.24) is 10.3 Å². The molecule has 0 fully saturated rings. The fraction of sp³-hybridized carbons (Fsp3) is 0.353. The number of hydrogen-bond acceptors (Lipinski definition) is 2. The maximum absolute atomic E-state index is 13.4. The second-order valence-electron chi connectivity index (χ2n) is 4.99. The molecule has 1 unspecified atom stereocenters. The van der Waals surface area contributed by atoms with Crippen LogP contribution in [0.3, 0.4) is 0 Å². The number of rotatable bonds is 6. The van der Waals surface area contributed by atoms with Gasteiger partial charge in [0.05, 0.1) is 0 Å². The Bertz CT molecular complexity index is 599. The Morgan fingerprint density at radius 3 is 2.62 bits per heavy atom. The summed E-state index contributed by atoms with van der Waals surface area (Å²) in [7, 11) is 0. The van der Waals surface area contributed by atoms with Crippen LogP contribution in [0.4, 0.5) is 8.78 Å². The highest BCUT2D eigenvalue weighted by Crippen LogP contribution is 2.23. The topological polar surface area (TPSA) is 24.9 Å². The minimum absolute atomic E-state index is 0.0674. The Hall–Kier alpha value is -1.81. The third-order valence-electron chi connectivity index (χ3n) is 3.57. The Labute approximate surface area is 124 Å². The van der Waals surface area contributed by atoms with Crippen molar-refractivity contribution in [3.63, 3.8) is 0 Å². The standard InChI is InChI=1S/C17H20F2N2/c1-3-13-11-20-8-7-14(13)17(21-4-2)10-12-5-6-15(18)16(19)9-12/h5-9,11,17,21H,3-4,10H2,1-2H3. The molecule has 0 spiro atoms. The smallest absolute Gasteiger partial charge is 0.159 e. The molecule has 2 rings (SSSR count). The van der Waals surface area contributed by atoms with Gasteiger partial charge in [0, 0.05) is 18.4 Å². The number of pyridine rings is 1. The molecule has 0 aliphatic carbocycles. The van der Waals surface area contributed by atoms with Gasteiger partial charge in [-0.15, -0.1) is 0 Å². The quantitative estimate of drug-likeness (QED) is 0.875. The first kappa shape index (κ1) is 15.6. The maximum atomic E-state index is 13.4. The molecule has 0 saturated carbocycles. The van der Waals surface area contributed by atoms with Crippen LogP contribution in [0, 0.1) is 11.6 Å². The number of halogens is 2. The van der Waals surface area contributed by atoms with Gasteiger partial charge in [-0.2, -0.15) is 0 Å². The van der Waals surface area contributed by atoms with Gasteiger partial charge in [0.2, 0.25) is 0 Å². The summed E-state index contributed by atoms with van der Waals surface area (Å²) < 4.78 is 26.4. The molecule has 21 heavy (non-hydrogen) atoms. The van der Waals surface area contributed by atoms with E-state index in [0.717, 1.165) is 18.5 Å². The number of nitrogens with zero attached hydrogens (tertiary/aromatic N) is 1. The maximum Gasteiger partial charge on any atom is 0.159 e. The number of aromatic nitrogens is 1. The first-order valence-electron chi connectivity index (χ1n) is 7.25. The van der Waals surface area contributed by atoms with Crippen molar-refractivity contribution in [3.8, 4) is 0 Å². The van der Waals surface area contributed by atoms with Crippen molar-refractivity contribution >= 4 is 0 Å². The number of aryl methyl sites for hydroxylation is 1. The Balaban J connectivity index is 2.28. The highest BCUT2D eigenvalue weighted by molar-refractivity contribution is 5.29. The zero-order valence-electron chi connectivity index (χ0n) is 12.4. The van der Waals surface area contributed by atoms with E-state index in [2.05, 4.69) is 17.2 Å². The number of nitrogens with one attached hydrogen (secondary N) is 1. The summed E-state index contributed by atoms with van der Waals surface area (Å²) >= 11 is 0. The van der Waals surface area contributed by atoms with Gasteiger partial charge in [0.25, 0.3) is 0 Å². The van der Waals surface area contributed by atoms with E-state index in [1.807, 2.05) is 19.2 Å². The molecule has 0 aliphatic heterocycles. The monoisotopic (exact) mass is 290 g/mol. The largest absolute Gasteiger partial charge is 0.310 e. The highest BCUT2D eigenvalue weighted by Gasteiger charge is 2.15. The lowest BCUT2D eigenvalue weighted by atomic mass is 9.95. The van der Waals surface area contributed by atoms with Gasteiger partial charge < -0.3 is 5.32 Å². The van der Waals surface area contributed by atoms with Crippen LogP contribution in [0.15, 0.2) is 36.7 Å². The van der Waals surface area contributed by atoms with Crippen molar-refractivity contribution < 1.29 is 8.78 Å². The summed E-state index contributed by atoms with van der Waals surface area (Å²) in [5, 5.41) is 3.41. The zero-order chi connectivity index (χ0) is 15.2. The van der Waals surface area contributed by atoms with Gasteiger partial charge in [0.1, 0.15) is 0 Å². The molecule has 112 valence electrons. The van der Waals surface area contributed by atoms with Crippen molar-refractivity contribution in [2.45, 2.75) is 32.7 Å². The van der Waals surface area contributed by atoms with E-state index in [9.17, 15) is 8.78 Å². The van der Waals surface area contributed by atoms with E-state index in [1.54, 1.807) is 12.3 Å². The summed E-state index contributed by atoms with van der Waals surface area (Å²) in [4.78, 5) is 4.15. The lowest BCUT2D eigenvalue weighted by Crippen LogP contribution is -2.24. The van der Waals surface area contributed by atoms with Crippen molar-refractivity contribution in [2.75, 3.05) is 6.54 Å². The first-order chi connectivity index (χ1) is 10.2. The van der Waals surface area contributed by atoms with Gasteiger partial charge in [-0.25, -0.2) is 8.78 Å². The summed E-state index contributed by atoms with van der Waals surface area (Å²) in [5.41, 5.74) is 3.11. The molecule has 1 atom stereocenters. The first-order valence-corrected chi connectivity index (χ1v) is 7.25. The fourth-order valence-electron chi connectivity index (χ4n) is 2.51. The second-order valence-corrected chi connectivity index (χ2v) is 4.99. The highest BCUT2D eigenvalue weighted by atomic mass is 19.2. The van der Waals surface area contributed by atoms with Gasteiger partial charge in [-0.3, -0.25) is 4.98 Å². The molecule has 0 saturated heterocycles. The Kier molecular flexibility index (Phi) is 5.39. The van der Waals surface area contributed by atoms with Crippen molar-refractivity contribution in [3.05, 3.63) is 65.0 Å². The Morgan fingerprint density at radius 1 is 1.14 bits per heavy atom. The lowest BCUT2D eigenvalue weighted by Gasteiger charge is -2.21. The molecule has 4 heteroatoms. The summed E-state index contributed by atoms with van der Waals surface area (Å²) in [6.45, 7) is 4.92. The summed E-state index contributed by atoms with van der Waals surface area (Å²) in [6, 6.07) is 6.15. The van der Waals surface area contributed by atoms with Crippen LogP contribution in [-0.2, 0) is 12.8 Å². The molecule has 0 radical (unpaired) electrons. The van der Waals surface area contributed by atoms with Crippen LogP contribution in [0.2, 0.25) is 0 Å². The molecule has 0 amide bonds. The van der Waals surface area contributed by atoms with E-state index in [-0.39, 0.29) is 6.04 Å². The molecular formula is C17H20F2N2. The van der Waals surface area contributed by atoms with Crippen molar-refractivity contribution in [1.29, 1.82) is 0 Å². The van der Waals surface area contributed by atoms with Gasteiger partial charge >= 0.3 is 0 Å². The van der Waals surface area contributed by atoms with Crippen LogP contribution < -0.4 is 5.32 Å². The molecule has 0 bridgehead atoms. The third kappa shape index (κ3) is 3.85. The summed E-state index contributed by atoms with van der Waals surface area (Å²) in [6.07, 6.45) is 5.14. The number of likely N-dealkylation sites (N-methyl/N-ethyl adjacent to an activating group) is 1. The Morgan fingerprint density at radius 2 is 1.95 bits per heavy atom. The van der Waals surface area contributed by atoms with E-state index in [0.29, 0.717) is 6.42 Å². The van der Waals surface area contributed by atoms with E-state index in [4.69, 9.17) is 0 Å². The molecule has 1 aromatic heterocycles. The number of benzene rings is 1. The van der Waals surface area contributed by atoms with Gasteiger partial charge in [0.15, 0.2) is 11.6 Å². The van der Waals surface area contributed by atoms with E-state index >= 15 is 0 Å². The third-order valence-corrected chi connectivity index (χ3v) is 3.57. The predicted octanol–water partition coefficient (Wildman–Crippen LogP) is 3.82. The SMILES string of the molecule is CCNC(Cc1ccc(F)c(F)c1)c1ccncc1CC. The molecule has 1 N–H and O–H groups in total. The van der Waals surface area contributed by atoms with E-state index < -0.39 is 11.6 Å². The minimum Gasteiger partial charge on any atom is -0.310 e. The molecular weight excluding hydrogens is 270 g/mol. The minimum atomic E-state index is -0.808. The molecule has 0 aliphatic rings. The summed E-state index contributed by atoms with van der Waals surface area (Å²) in [5.74, 6) is -1.61. The molecule has 1 aromatic carbocycles. The van der Waals surface area contributed by atoms with Crippen LogP contribution in [0.1, 0.15) is 36.6 Å². The van der Waals surface area contributed by atoms with Gasteiger partial charge in [-0.05, 0) is 54.3 Å². The van der Waals surface area contributed by atoms with E-state index in [1.165, 1.54) is 23.3 Å². The van der Waals surface area contributed by atoms with Crippen LogP contribution in [0.25, 0.3) is 0 Å². The molecule has 1 heterocycles. The zero-order valence-corrected chi connectivity index (χ0v) is 12.4. The van der Waals surface area contributed by atoms with Crippen LogP contribution in [-0.4, -0.2) is 11.5 Å². The van der Waals surface area contributed by atoms with Crippen LogP contribution in [0.5, 0.6) is 0 Å². The lowest BCUT2D eigenvalue weighted by molar-refractivity contribution is 0.502. The average molecular weight is 290 g/mol. The average Bonchev–Trinajstić information content (AvgIpc) is 2.50. The number of hydrogen-bond donors (Lipinski definition) is 1. The second kappa shape index (κ2) is 7.27. The van der Waals surface area contributed by atoms with Gasteiger partial charge in [-0.1, -0.05) is 19.9 Å². The fourth-order valence-corrected chi connectivity index (χ4v) is 2.51. The van der Waals surface area contributed by atoms with Crippen LogP contribution >= 0.6 is 0 Å². The molecule has 2 aromatic rings. The van der Waals surface area contributed by atoms with Crippen molar-refractivity contribution in [2.24, 2.45) is 0 Å². The predicted molar refractivity (Wildman–Crippen MR) is 80.1 cm³/mol. The molecule has 2 nitrogen and oxygen atoms in total. The normalized spacial score (nSPS) is 12.4.